The maximum absolute atomic E-state index is 11.8. The molecule has 0 aromatic heterocycles. The van der Waals surface area contributed by atoms with Crippen LogP contribution in [0.3, 0.4) is 0 Å². The topological polar surface area (TPSA) is 46.5 Å². The fraction of sp³-hybridized carbons (Fsp3) is 0.500. The summed E-state index contributed by atoms with van der Waals surface area (Å²) in [7, 11) is 0. The summed E-state index contributed by atoms with van der Waals surface area (Å²) >= 11 is 0. The number of rotatable bonds is 5. The SMILES string of the molecule is C[C@@H](/C=C\OC(=O)c1ccccc1)[C@@H](O)C1CCCCC1. The van der Waals surface area contributed by atoms with Crippen molar-refractivity contribution >= 4 is 5.97 Å². The number of hydrogen-bond donors (Lipinski definition) is 1. The first-order chi connectivity index (χ1) is 10.2. The molecule has 1 fully saturated rings. The van der Waals surface area contributed by atoms with Crippen LogP contribution in [0.4, 0.5) is 0 Å². The smallest absolute Gasteiger partial charge is 0.342 e. The molecule has 0 spiro atoms. The predicted molar refractivity (Wildman–Crippen MR) is 82.7 cm³/mol. The minimum absolute atomic E-state index is 0.00308. The minimum atomic E-state index is -0.369. The van der Waals surface area contributed by atoms with Crippen LogP contribution >= 0.6 is 0 Å². The standard InChI is InChI=1S/C18H24O3/c1-14(17(19)15-8-4-2-5-9-15)12-13-21-18(20)16-10-6-3-7-11-16/h3,6-7,10-15,17,19H,2,4-5,8-9H2,1H3/b13-12-/t14-,17+/m0/s1. The van der Waals surface area contributed by atoms with Gasteiger partial charge in [-0.25, -0.2) is 4.79 Å². The second kappa shape index (κ2) is 7.99. The summed E-state index contributed by atoms with van der Waals surface area (Å²) in [6.07, 6.45) is 8.74. The van der Waals surface area contributed by atoms with Crippen LogP contribution in [0.2, 0.25) is 0 Å². The first kappa shape index (κ1) is 15.8. The summed E-state index contributed by atoms with van der Waals surface area (Å²) < 4.78 is 5.11. The lowest BCUT2D eigenvalue weighted by Crippen LogP contribution is -2.28. The molecule has 1 saturated carbocycles. The molecular formula is C18H24O3. The van der Waals surface area contributed by atoms with E-state index in [0.717, 1.165) is 12.8 Å². The highest BCUT2D eigenvalue weighted by molar-refractivity contribution is 5.89. The van der Waals surface area contributed by atoms with Gasteiger partial charge in [0.1, 0.15) is 0 Å². The monoisotopic (exact) mass is 288 g/mol. The summed E-state index contributed by atoms with van der Waals surface area (Å²) in [6.45, 7) is 1.96. The van der Waals surface area contributed by atoms with Crippen molar-refractivity contribution in [3.05, 3.63) is 48.2 Å². The van der Waals surface area contributed by atoms with Crippen LogP contribution in [0.1, 0.15) is 49.4 Å². The van der Waals surface area contributed by atoms with Gasteiger partial charge < -0.3 is 9.84 Å². The van der Waals surface area contributed by atoms with E-state index in [1.165, 1.54) is 25.5 Å². The highest BCUT2D eigenvalue weighted by atomic mass is 16.5. The van der Waals surface area contributed by atoms with Crippen molar-refractivity contribution in [2.75, 3.05) is 0 Å². The second-order valence-corrected chi connectivity index (χ2v) is 5.85. The lowest BCUT2D eigenvalue weighted by atomic mass is 9.81. The van der Waals surface area contributed by atoms with Crippen molar-refractivity contribution in [3.8, 4) is 0 Å². The van der Waals surface area contributed by atoms with E-state index in [4.69, 9.17) is 4.74 Å². The highest BCUT2D eigenvalue weighted by Crippen LogP contribution is 2.29. The Kier molecular flexibility index (Phi) is 6.00. The summed E-state index contributed by atoms with van der Waals surface area (Å²) in [4.78, 5) is 11.8. The average molecular weight is 288 g/mol. The van der Waals surface area contributed by atoms with Crippen LogP contribution in [0, 0.1) is 11.8 Å². The summed E-state index contributed by atoms with van der Waals surface area (Å²) in [6, 6.07) is 8.90. The Bertz CT molecular complexity index is 461. The van der Waals surface area contributed by atoms with Crippen molar-refractivity contribution in [2.24, 2.45) is 11.8 Å². The molecule has 0 bridgehead atoms. The average Bonchev–Trinajstić information content (AvgIpc) is 2.55. The van der Waals surface area contributed by atoms with Crippen LogP contribution in [-0.2, 0) is 4.74 Å². The van der Waals surface area contributed by atoms with Crippen LogP contribution in [0.5, 0.6) is 0 Å². The normalized spacial score (nSPS) is 19.3. The van der Waals surface area contributed by atoms with Crippen LogP contribution < -0.4 is 0 Å². The van der Waals surface area contributed by atoms with Crippen LogP contribution in [-0.4, -0.2) is 17.2 Å². The van der Waals surface area contributed by atoms with Crippen LogP contribution in [0.25, 0.3) is 0 Å². The number of aliphatic hydroxyl groups excluding tert-OH is 1. The third kappa shape index (κ3) is 4.71. The Labute approximate surface area is 126 Å². The highest BCUT2D eigenvalue weighted by Gasteiger charge is 2.24. The number of hydrogen-bond acceptors (Lipinski definition) is 3. The maximum atomic E-state index is 11.8. The van der Waals surface area contributed by atoms with Gasteiger partial charge in [0.15, 0.2) is 0 Å². The zero-order valence-electron chi connectivity index (χ0n) is 12.6. The summed E-state index contributed by atoms with van der Waals surface area (Å²) in [5, 5.41) is 10.3. The number of ether oxygens (including phenoxy) is 1. The molecular weight excluding hydrogens is 264 g/mol. The van der Waals surface area contributed by atoms with Gasteiger partial charge in [0.25, 0.3) is 0 Å². The molecule has 1 aliphatic carbocycles. The molecule has 0 unspecified atom stereocenters. The van der Waals surface area contributed by atoms with E-state index in [1.807, 2.05) is 13.0 Å². The fourth-order valence-electron chi connectivity index (χ4n) is 2.89. The molecule has 0 aliphatic heterocycles. The van der Waals surface area contributed by atoms with Gasteiger partial charge in [0.05, 0.1) is 17.9 Å². The Morgan fingerprint density at radius 2 is 1.90 bits per heavy atom. The molecule has 1 aliphatic rings. The molecule has 1 aromatic carbocycles. The lowest BCUT2D eigenvalue weighted by molar-refractivity contribution is 0.0530. The largest absolute Gasteiger partial charge is 0.431 e. The molecule has 3 heteroatoms. The number of aliphatic hydroxyl groups is 1. The van der Waals surface area contributed by atoms with Gasteiger partial charge in [-0.1, -0.05) is 44.4 Å². The van der Waals surface area contributed by atoms with E-state index >= 15 is 0 Å². The van der Waals surface area contributed by atoms with Crippen molar-refractivity contribution in [1.29, 1.82) is 0 Å². The predicted octanol–water partition coefficient (Wildman–Crippen LogP) is 3.93. The summed E-state index contributed by atoms with van der Waals surface area (Å²) in [5.41, 5.74) is 0.530. The van der Waals surface area contributed by atoms with Gasteiger partial charge in [0, 0.05) is 5.92 Å². The molecule has 0 heterocycles. The molecule has 0 radical (unpaired) electrons. The van der Waals surface area contributed by atoms with Gasteiger partial charge in [0.2, 0.25) is 0 Å². The molecule has 0 saturated heterocycles. The number of esters is 1. The Morgan fingerprint density at radius 1 is 1.24 bits per heavy atom. The quantitative estimate of drug-likeness (QED) is 0.659. The molecule has 2 rings (SSSR count). The van der Waals surface area contributed by atoms with E-state index in [0.29, 0.717) is 11.5 Å². The van der Waals surface area contributed by atoms with E-state index in [1.54, 1.807) is 30.3 Å². The molecule has 21 heavy (non-hydrogen) atoms. The Morgan fingerprint density at radius 3 is 2.57 bits per heavy atom. The molecule has 2 atom stereocenters. The first-order valence-corrected chi connectivity index (χ1v) is 7.79. The van der Waals surface area contributed by atoms with E-state index in [2.05, 4.69) is 0 Å². The van der Waals surface area contributed by atoms with Gasteiger partial charge in [-0.05, 0) is 37.0 Å². The van der Waals surface area contributed by atoms with Crippen molar-refractivity contribution in [2.45, 2.75) is 45.1 Å². The van der Waals surface area contributed by atoms with E-state index in [9.17, 15) is 9.90 Å². The zero-order chi connectivity index (χ0) is 15.1. The molecule has 114 valence electrons. The Hall–Kier alpha value is -1.61. The van der Waals surface area contributed by atoms with Gasteiger partial charge in [-0.2, -0.15) is 0 Å². The van der Waals surface area contributed by atoms with Crippen LogP contribution in [0.15, 0.2) is 42.7 Å². The fourth-order valence-corrected chi connectivity index (χ4v) is 2.89. The van der Waals surface area contributed by atoms with Gasteiger partial charge >= 0.3 is 5.97 Å². The minimum Gasteiger partial charge on any atom is -0.431 e. The maximum Gasteiger partial charge on any atom is 0.342 e. The molecule has 1 N–H and O–H groups in total. The third-order valence-corrected chi connectivity index (χ3v) is 4.24. The third-order valence-electron chi connectivity index (χ3n) is 4.24. The van der Waals surface area contributed by atoms with Gasteiger partial charge in [-0.15, -0.1) is 0 Å². The number of carbonyl (C=O) groups is 1. The Balaban J connectivity index is 1.81. The lowest BCUT2D eigenvalue weighted by Gasteiger charge is -2.29. The number of carbonyl (C=O) groups excluding carboxylic acids is 1. The first-order valence-electron chi connectivity index (χ1n) is 7.79. The molecule has 0 amide bonds. The number of benzene rings is 1. The van der Waals surface area contributed by atoms with Crippen molar-refractivity contribution in [1.82, 2.24) is 0 Å². The zero-order valence-corrected chi connectivity index (χ0v) is 12.6. The second-order valence-electron chi connectivity index (χ2n) is 5.85. The van der Waals surface area contributed by atoms with E-state index in [-0.39, 0.29) is 18.0 Å². The van der Waals surface area contributed by atoms with Crippen molar-refractivity contribution < 1.29 is 14.6 Å². The molecule has 3 nitrogen and oxygen atoms in total. The van der Waals surface area contributed by atoms with E-state index < -0.39 is 0 Å². The summed E-state index contributed by atoms with van der Waals surface area (Å²) in [5.74, 6) is 0.00565. The molecule has 1 aromatic rings. The van der Waals surface area contributed by atoms with Gasteiger partial charge in [-0.3, -0.25) is 0 Å². The van der Waals surface area contributed by atoms with Crippen molar-refractivity contribution in [3.63, 3.8) is 0 Å².